The van der Waals surface area contributed by atoms with Crippen molar-refractivity contribution in [3.8, 4) is 11.5 Å². The van der Waals surface area contributed by atoms with Crippen LogP contribution >= 0.6 is 22.9 Å². The summed E-state index contributed by atoms with van der Waals surface area (Å²) in [6, 6.07) is 31.1. The number of rotatable bonds is 9. The van der Waals surface area contributed by atoms with Crippen molar-refractivity contribution in [2.24, 2.45) is 4.99 Å². The van der Waals surface area contributed by atoms with E-state index < -0.39 is 12.0 Å². The normalized spacial score (nSPS) is 14.5. The molecule has 45 heavy (non-hydrogen) atoms. The van der Waals surface area contributed by atoms with Crippen LogP contribution in [0.25, 0.3) is 11.8 Å². The molecule has 0 radical (unpaired) electrons. The first kappa shape index (κ1) is 30.1. The van der Waals surface area contributed by atoms with Gasteiger partial charge in [-0.2, -0.15) is 0 Å². The van der Waals surface area contributed by atoms with Crippen LogP contribution in [0.2, 0.25) is 5.02 Å². The molecule has 0 saturated heterocycles. The largest absolute Gasteiger partial charge is 0.497 e. The van der Waals surface area contributed by atoms with Gasteiger partial charge in [-0.3, -0.25) is 9.36 Å². The molecule has 0 bridgehead atoms. The summed E-state index contributed by atoms with van der Waals surface area (Å²) >= 11 is 7.52. The summed E-state index contributed by atoms with van der Waals surface area (Å²) in [5.74, 6) is 0.751. The van der Waals surface area contributed by atoms with Crippen molar-refractivity contribution in [3.63, 3.8) is 0 Å². The Balaban J connectivity index is 1.45. The molecule has 0 saturated carbocycles. The average Bonchev–Trinajstić information content (AvgIpc) is 3.38. The summed E-state index contributed by atoms with van der Waals surface area (Å²) in [5, 5.41) is 0.651. The van der Waals surface area contributed by atoms with Crippen molar-refractivity contribution in [2.45, 2.75) is 19.6 Å². The van der Waals surface area contributed by atoms with Crippen LogP contribution in [-0.2, 0) is 16.1 Å². The number of methoxy groups -OCH3 is 1. The van der Waals surface area contributed by atoms with Crippen LogP contribution in [0.4, 0.5) is 0 Å². The highest BCUT2D eigenvalue weighted by molar-refractivity contribution is 7.07. The first-order valence-electron chi connectivity index (χ1n) is 14.4. The lowest BCUT2D eigenvalue weighted by atomic mass is 9.93. The molecule has 5 aromatic rings. The molecule has 0 amide bonds. The van der Waals surface area contributed by atoms with Gasteiger partial charge in [0.25, 0.3) is 5.56 Å². The van der Waals surface area contributed by atoms with Gasteiger partial charge in [0.05, 0.1) is 35.6 Å². The van der Waals surface area contributed by atoms with Crippen molar-refractivity contribution in [2.75, 3.05) is 13.7 Å². The van der Waals surface area contributed by atoms with Gasteiger partial charge < -0.3 is 14.2 Å². The molecule has 1 aliphatic rings. The van der Waals surface area contributed by atoms with Crippen LogP contribution in [0.1, 0.15) is 35.2 Å². The predicted octanol–water partition coefficient (Wildman–Crippen LogP) is 6.18. The van der Waals surface area contributed by atoms with Gasteiger partial charge in [0.2, 0.25) is 0 Å². The van der Waals surface area contributed by atoms with E-state index in [1.165, 1.54) is 11.3 Å². The van der Waals surface area contributed by atoms with Gasteiger partial charge in [-0.15, -0.1) is 0 Å². The maximum absolute atomic E-state index is 14.1. The van der Waals surface area contributed by atoms with E-state index in [9.17, 15) is 9.59 Å². The lowest BCUT2D eigenvalue weighted by Crippen LogP contribution is -2.40. The van der Waals surface area contributed by atoms with E-state index in [-0.39, 0.29) is 17.7 Å². The first-order chi connectivity index (χ1) is 22.0. The lowest BCUT2D eigenvalue weighted by Gasteiger charge is -2.26. The molecule has 0 spiro atoms. The van der Waals surface area contributed by atoms with E-state index in [1.807, 2.05) is 109 Å². The zero-order chi connectivity index (χ0) is 31.3. The number of carbonyl (C=O) groups excluding carboxylic acids is 1. The first-order valence-corrected chi connectivity index (χ1v) is 15.5. The molecule has 9 heteroatoms. The zero-order valence-corrected chi connectivity index (χ0v) is 26.2. The number of halogens is 1. The maximum atomic E-state index is 14.1. The van der Waals surface area contributed by atoms with E-state index in [0.29, 0.717) is 43.7 Å². The zero-order valence-electron chi connectivity index (χ0n) is 24.6. The molecule has 1 atom stereocenters. The van der Waals surface area contributed by atoms with E-state index >= 15 is 0 Å². The van der Waals surface area contributed by atoms with Crippen LogP contribution in [0.5, 0.6) is 11.5 Å². The van der Waals surface area contributed by atoms with Crippen LogP contribution in [-0.4, -0.2) is 24.3 Å². The fourth-order valence-corrected chi connectivity index (χ4v) is 6.35. The predicted molar refractivity (Wildman–Crippen MR) is 176 cm³/mol. The highest BCUT2D eigenvalue weighted by atomic mass is 35.5. The van der Waals surface area contributed by atoms with Crippen molar-refractivity contribution in [3.05, 3.63) is 156 Å². The smallest absolute Gasteiger partial charge is 0.338 e. The lowest BCUT2D eigenvalue weighted by molar-refractivity contribution is -0.138. The molecular formula is C36H29ClN2O5S. The van der Waals surface area contributed by atoms with Crippen LogP contribution in [0, 0.1) is 0 Å². The highest BCUT2D eigenvalue weighted by Gasteiger charge is 2.35. The van der Waals surface area contributed by atoms with Crippen molar-refractivity contribution >= 4 is 40.7 Å². The quantitative estimate of drug-likeness (QED) is 0.181. The second-order valence-corrected chi connectivity index (χ2v) is 11.6. The minimum Gasteiger partial charge on any atom is -0.497 e. The summed E-state index contributed by atoms with van der Waals surface area (Å²) in [6.07, 6.45) is 1.82. The second-order valence-electron chi connectivity index (χ2n) is 10.2. The van der Waals surface area contributed by atoms with Gasteiger partial charge in [0, 0.05) is 16.1 Å². The Labute approximate surface area is 268 Å². The fourth-order valence-electron chi connectivity index (χ4n) is 5.16. The monoisotopic (exact) mass is 636 g/mol. The topological polar surface area (TPSA) is 79.1 Å². The Kier molecular flexibility index (Phi) is 8.96. The number of aromatic nitrogens is 1. The van der Waals surface area contributed by atoms with Gasteiger partial charge >= 0.3 is 5.97 Å². The van der Waals surface area contributed by atoms with Crippen LogP contribution in [0.3, 0.4) is 0 Å². The number of nitrogens with zero attached hydrogens (tertiary/aromatic N) is 2. The average molecular weight is 637 g/mol. The Morgan fingerprint density at radius 1 is 0.956 bits per heavy atom. The maximum Gasteiger partial charge on any atom is 0.338 e. The van der Waals surface area contributed by atoms with Gasteiger partial charge in [-0.25, -0.2) is 9.79 Å². The van der Waals surface area contributed by atoms with Crippen molar-refractivity contribution in [1.82, 2.24) is 4.57 Å². The second kappa shape index (κ2) is 13.4. The Hall–Kier alpha value is -4.92. The summed E-state index contributed by atoms with van der Waals surface area (Å²) in [7, 11) is 1.58. The number of benzene rings is 4. The molecule has 6 rings (SSSR count). The molecule has 226 valence electrons. The number of hydrogen-bond donors (Lipinski definition) is 0. The van der Waals surface area contributed by atoms with Gasteiger partial charge in [0.15, 0.2) is 4.80 Å². The Morgan fingerprint density at radius 3 is 2.44 bits per heavy atom. The molecule has 2 heterocycles. The van der Waals surface area contributed by atoms with Crippen molar-refractivity contribution < 1.29 is 19.0 Å². The van der Waals surface area contributed by atoms with E-state index in [0.717, 1.165) is 16.7 Å². The summed E-state index contributed by atoms with van der Waals surface area (Å²) in [4.78, 5) is 33.1. The molecule has 7 nitrogen and oxygen atoms in total. The molecule has 0 aliphatic carbocycles. The van der Waals surface area contributed by atoms with Crippen molar-refractivity contribution in [1.29, 1.82) is 0 Å². The molecule has 1 aromatic heterocycles. The third-order valence-electron chi connectivity index (χ3n) is 7.31. The van der Waals surface area contributed by atoms with E-state index in [1.54, 1.807) is 18.6 Å². The Bertz CT molecular complexity index is 2070. The molecule has 0 unspecified atom stereocenters. The molecule has 1 aliphatic heterocycles. The van der Waals surface area contributed by atoms with E-state index in [4.69, 9.17) is 30.8 Å². The highest BCUT2D eigenvalue weighted by Crippen LogP contribution is 2.36. The number of ether oxygens (including phenoxy) is 3. The van der Waals surface area contributed by atoms with Gasteiger partial charge in [0.1, 0.15) is 18.1 Å². The third kappa shape index (κ3) is 6.34. The SMILES string of the molecule is CCOC(=O)C1=C(c2ccccc2)N=c2s/c(=C\c3ccc(OCc4ccccc4Cl)cc3)c(=O)n2[C@@H]1c1cccc(OC)c1. The number of esters is 1. The van der Waals surface area contributed by atoms with E-state index in [2.05, 4.69) is 0 Å². The molecule has 0 N–H and O–H groups in total. The number of hydrogen-bond acceptors (Lipinski definition) is 7. The summed E-state index contributed by atoms with van der Waals surface area (Å²) in [6.45, 7) is 2.27. The third-order valence-corrected chi connectivity index (χ3v) is 8.66. The minimum absolute atomic E-state index is 0.178. The molecule has 4 aromatic carbocycles. The minimum atomic E-state index is -0.784. The Morgan fingerprint density at radius 2 is 1.71 bits per heavy atom. The number of thiazole rings is 1. The number of carbonyl (C=O) groups is 1. The fraction of sp³-hybridized carbons (Fsp3) is 0.139. The van der Waals surface area contributed by atoms with Gasteiger partial charge in [-0.05, 0) is 54.5 Å². The van der Waals surface area contributed by atoms with Crippen LogP contribution < -0.4 is 24.4 Å². The standard InChI is InChI=1S/C36H29ClN2O5S/c1-3-43-35(41)31-32(24-10-5-4-6-11-24)38-36-39(33(31)25-13-9-14-28(21-25)42-2)34(40)30(45-36)20-23-16-18-27(19-17-23)44-22-26-12-7-8-15-29(26)37/h4-21,33H,3,22H2,1-2H3/b30-20-/t33-/m1/s1. The van der Waals surface area contributed by atoms with Crippen LogP contribution in [0.15, 0.2) is 118 Å². The number of fused-ring (bicyclic) bond motifs is 1. The van der Waals surface area contributed by atoms with Gasteiger partial charge in [-0.1, -0.05) is 95.7 Å². The summed E-state index contributed by atoms with van der Waals surface area (Å²) < 4.78 is 19.0. The summed E-state index contributed by atoms with van der Waals surface area (Å²) in [5.41, 5.74) is 3.65. The molecular weight excluding hydrogens is 608 g/mol. The molecule has 0 fully saturated rings.